The van der Waals surface area contributed by atoms with Gasteiger partial charge in [-0.3, -0.25) is 38.9 Å². The van der Waals surface area contributed by atoms with Gasteiger partial charge in [-0.25, -0.2) is 4.79 Å². The van der Waals surface area contributed by atoms with Crippen LogP contribution in [0.1, 0.15) is 65.6 Å². The van der Waals surface area contributed by atoms with Gasteiger partial charge < -0.3 is 56.7 Å². The summed E-state index contributed by atoms with van der Waals surface area (Å²) < 4.78 is 16.1. The number of carbonyl (C=O) groups excluding carboxylic acids is 6. The van der Waals surface area contributed by atoms with Crippen LogP contribution in [0.25, 0.3) is 0 Å². The largest absolute Gasteiger partial charge is 0.504 e. The molecule has 0 bridgehead atoms. The number of benzene rings is 5. The van der Waals surface area contributed by atoms with Gasteiger partial charge >= 0.3 is 5.97 Å². The number of nitrogens with two attached hydrogens (primary N) is 1. The molecular weight excluding hydrogens is 851 g/mol. The van der Waals surface area contributed by atoms with Crippen molar-refractivity contribution in [2.75, 3.05) is 35.5 Å². The van der Waals surface area contributed by atoms with Gasteiger partial charge in [-0.05, 0) is 105 Å². The summed E-state index contributed by atoms with van der Waals surface area (Å²) in [6, 6.07) is 20.5. The zero-order valence-electron chi connectivity index (χ0n) is 34.9. The molecule has 0 fully saturated rings. The van der Waals surface area contributed by atoms with E-state index in [4.69, 9.17) is 19.9 Å². The van der Waals surface area contributed by atoms with E-state index in [1.807, 2.05) is 0 Å². The fourth-order valence-corrected chi connectivity index (χ4v) is 6.01. The number of nitro benzene ring substituents is 1. The maximum absolute atomic E-state index is 13.5. The summed E-state index contributed by atoms with van der Waals surface area (Å²) >= 11 is 0. The molecule has 0 radical (unpaired) electrons. The smallest absolute Gasteiger partial charge is 0.335 e. The molecule has 21 nitrogen and oxygen atoms in total. The molecule has 0 saturated heterocycles. The van der Waals surface area contributed by atoms with Crippen molar-refractivity contribution in [1.29, 1.82) is 0 Å². The first kappa shape index (κ1) is 47.2. The molecular formula is C44H41N7O14. The number of non-ortho nitro benzene ring substituents is 1. The molecule has 0 aliphatic heterocycles. The lowest BCUT2D eigenvalue weighted by atomic mass is 10.1. The predicted octanol–water partition coefficient (Wildman–Crippen LogP) is 4.79. The number of anilines is 4. The third-order valence-electron chi connectivity index (χ3n) is 9.24. The maximum atomic E-state index is 13.5. The molecule has 5 aromatic rings. The number of rotatable bonds is 18. The van der Waals surface area contributed by atoms with E-state index in [-0.39, 0.29) is 67.8 Å². The van der Waals surface area contributed by atoms with Gasteiger partial charge in [-0.1, -0.05) is 0 Å². The van der Waals surface area contributed by atoms with Gasteiger partial charge in [-0.15, -0.1) is 0 Å². The van der Waals surface area contributed by atoms with Crippen LogP contribution in [0.15, 0.2) is 103 Å². The Morgan fingerprint density at radius 1 is 0.662 bits per heavy atom. The highest BCUT2D eigenvalue weighted by molar-refractivity contribution is 6.10. The van der Waals surface area contributed by atoms with E-state index in [0.717, 1.165) is 7.11 Å². The summed E-state index contributed by atoms with van der Waals surface area (Å²) in [7, 11) is 2.40. The van der Waals surface area contributed by atoms with Crippen molar-refractivity contribution in [2.24, 2.45) is 5.73 Å². The van der Waals surface area contributed by atoms with Crippen LogP contribution in [0.4, 0.5) is 28.4 Å². The number of phenols is 1. The average Bonchev–Trinajstić information content (AvgIpc) is 3.27. The van der Waals surface area contributed by atoms with E-state index >= 15 is 0 Å². The first-order chi connectivity index (χ1) is 30.9. The Kier molecular flexibility index (Phi) is 15.1. The van der Waals surface area contributed by atoms with Crippen molar-refractivity contribution in [1.82, 2.24) is 5.32 Å². The summed E-state index contributed by atoms with van der Waals surface area (Å²) in [5, 5.41) is 44.1. The highest BCUT2D eigenvalue weighted by Crippen LogP contribution is 2.39. The number of nitro groups is 1. The number of amides is 6. The van der Waals surface area contributed by atoms with Crippen LogP contribution in [0.2, 0.25) is 0 Å². The van der Waals surface area contributed by atoms with Gasteiger partial charge in [0.15, 0.2) is 17.6 Å². The summed E-state index contributed by atoms with van der Waals surface area (Å²) in [6.45, 7) is 3.31. The Hall–Kier alpha value is -8.85. The van der Waals surface area contributed by atoms with E-state index in [2.05, 4.69) is 26.6 Å². The number of carboxylic acids is 1. The quantitative estimate of drug-likeness (QED) is 0.0433. The van der Waals surface area contributed by atoms with Gasteiger partial charge in [0.05, 0.1) is 40.6 Å². The minimum absolute atomic E-state index is 0.00389. The molecule has 65 heavy (non-hydrogen) atoms. The van der Waals surface area contributed by atoms with E-state index in [1.165, 1.54) is 110 Å². The Morgan fingerprint density at radius 2 is 1.17 bits per heavy atom. The summed E-state index contributed by atoms with van der Waals surface area (Å²) in [6.07, 6.45) is -2.16. The molecule has 2 unspecified atom stereocenters. The van der Waals surface area contributed by atoms with Crippen molar-refractivity contribution in [3.63, 3.8) is 0 Å². The second-order valence-corrected chi connectivity index (χ2v) is 14.0. The number of methoxy groups -OCH3 is 2. The molecule has 0 aliphatic rings. The van der Waals surface area contributed by atoms with Crippen LogP contribution >= 0.6 is 0 Å². The summed E-state index contributed by atoms with van der Waals surface area (Å²) in [4.78, 5) is 100. The lowest BCUT2D eigenvalue weighted by Crippen LogP contribution is -2.56. The Bertz CT molecular complexity index is 2650. The number of phenolic OH excluding ortho intramolecular Hbond substituents is 1. The molecule has 5 rings (SSSR count). The van der Waals surface area contributed by atoms with Crippen molar-refractivity contribution < 1.29 is 62.9 Å². The SMILES string of the molecule is COc1cc(C(=O)O)ccc1NC(=O)c1ccc(NC(=O)c2ccc(NC(=O)C(NC(=O)c3ccc(NC(=O)c4ccc([N+](=O)[O-])cc4)cc3)C(OC)C(N)=O)cc2)c(OC(C)C)c1O. The Labute approximate surface area is 369 Å². The average molecular weight is 892 g/mol. The lowest BCUT2D eigenvalue weighted by Gasteiger charge is -2.24. The number of nitrogens with zero attached hydrogens (tertiary/aromatic N) is 1. The number of carboxylic acid groups (broad SMARTS) is 1. The number of primary amides is 1. The topological polar surface area (TPSA) is 317 Å². The summed E-state index contributed by atoms with van der Waals surface area (Å²) in [5.74, 6) is -6.86. The zero-order chi connectivity index (χ0) is 47.5. The van der Waals surface area contributed by atoms with E-state index in [0.29, 0.717) is 0 Å². The minimum atomic E-state index is -1.66. The summed E-state index contributed by atoms with van der Waals surface area (Å²) in [5.41, 5.74) is 5.73. The normalized spacial score (nSPS) is 11.6. The minimum Gasteiger partial charge on any atom is -0.504 e. The molecule has 0 heterocycles. The van der Waals surface area contributed by atoms with Crippen LogP contribution in [0.5, 0.6) is 17.2 Å². The molecule has 21 heteroatoms. The van der Waals surface area contributed by atoms with Crippen LogP contribution in [-0.2, 0) is 14.3 Å². The van der Waals surface area contributed by atoms with Crippen LogP contribution in [0.3, 0.4) is 0 Å². The van der Waals surface area contributed by atoms with E-state index in [9.17, 15) is 53.9 Å². The molecule has 0 spiro atoms. The van der Waals surface area contributed by atoms with Gasteiger partial charge in [0.25, 0.3) is 29.3 Å². The number of carbonyl (C=O) groups is 7. The fraction of sp³-hybridized carbons (Fsp3) is 0.159. The Morgan fingerprint density at radius 3 is 1.69 bits per heavy atom. The highest BCUT2D eigenvalue weighted by atomic mass is 16.6. The molecule has 0 aromatic heterocycles. The lowest BCUT2D eigenvalue weighted by molar-refractivity contribution is -0.384. The van der Waals surface area contributed by atoms with Gasteiger partial charge in [-0.2, -0.15) is 0 Å². The maximum Gasteiger partial charge on any atom is 0.335 e. The van der Waals surface area contributed by atoms with Crippen LogP contribution < -0.4 is 41.8 Å². The predicted molar refractivity (Wildman–Crippen MR) is 234 cm³/mol. The fourth-order valence-electron chi connectivity index (χ4n) is 6.01. The molecule has 336 valence electrons. The van der Waals surface area contributed by atoms with Crippen molar-refractivity contribution >= 4 is 69.8 Å². The number of hydrogen-bond donors (Lipinski definition) is 8. The number of aromatic carboxylic acids is 1. The molecule has 9 N–H and O–H groups in total. The number of aromatic hydroxyl groups is 1. The van der Waals surface area contributed by atoms with Crippen LogP contribution in [-0.4, -0.2) is 89.0 Å². The molecule has 0 aliphatic carbocycles. The van der Waals surface area contributed by atoms with Crippen molar-refractivity contribution in [3.8, 4) is 17.2 Å². The van der Waals surface area contributed by atoms with Gasteiger partial charge in [0.1, 0.15) is 11.8 Å². The molecule has 0 saturated carbocycles. The number of hydrogen-bond acceptors (Lipinski definition) is 13. The number of nitrogens with one attached hydrogen (secondary N) is 5. The number of ether oxygens (including phenoxy) is 3. The van der Waals surface area contributed by atoms with E-state index in [1.54, 1.807) is 13.8 Å². The first-order valence-electron chi connectivity index (χ1n) is 19.2. The van der Waals surface area contributed by atoms with Crippen molar-refractivity contribution in [3.05, 3.63) is 141 Å². The van der Waals surface area contributed by atoms with Gasteiger partial charge in [0.2, 0.25) is 11.8 Å². The standard InChI is InChI=1S/C44H41N7O14/c1-22(2)65-36-32(20-18-30(35(36)52)42(57)48-31-19-11-26(44(59)60)21-33(31)63-3)49-40(55)23-5-14-28(15-6-23)47-43(58)34(37(64-4)38(45)53)50-41(56)24-7-12-27(13-8-24)46-39(54)25-9-16-29(17-10-25)51(61)62/h5-22,34,37,52H,1-4H3,(H2,45,53)(H,46,54)(H,47,58)(H,48,57)(H,49,55)(H,50,56)(H,59,60). The zero-order valence-corrected chi connectivity index (χ0v) is 34.9. The molecule has 6 amide bonds. The third kappa shape index (κ3) is 11.7. The molecule has 5 aromatic carbocycles. The second-order valence-electron chi connectivity index (χ2n) is 14.0. The Balaban J connectivity index is 1.26. The van der Waals surface area contributed by atoms with Crippen molar-refractivity contribution in [2.45, 2.75) is 32.1 Å². The molecule has 2 atom stereocenters. The van der Waals surface area contributed by atoms with Gasteiger partial charge in [0, 0.05) is 47.3 Å². The second kappa shape index (κ2) is 20.8. The third-order valence-corrected chi connectivity index (χ3v) is 9.24. The van der Waals surface area contributed by atoms with Crippen LogP contribution in [0, 0.1) is 10.1 Å². The highest BCUT2D eigenvalue weighted by Gasteiger charge is 2.35. The monoisotopic (exact) mass is 891 g/mol. The van der Waals surface area contributed by atoms with E-state index < -0.39 is 70.3 Å². The first-order valence-corrected chi connectivity index (χ1v) is 19.2.